The highest BCUT2D eigenvalue weighted by Gasteiger charge is 2.42. The Morgan fingerprint density at radius 2 is 2.39 bits per heavy atom. The van der Waals surface area contributed by atoms with Crippen LogP contribution in [0.1, 0.15) is 0 Å². The standard InChI is InChI=1S/C9H6FN5O3/c10-4-1-5-7(9(16)8(4)15(17)18)14-6(2-12-5)13-3-11/h1,7,12H,2H2,(H,13,14). The molecule has 0 saturated carbocycles. The molecule has 8 nitrogen and oxygen atoms in total. The summed E-state index contributed by atoms with van der Waals surface area (Å²) in [6, 6.07) is -1.11. The number of allylic oxidation sites excluding steroid dienone is 2. The molecule has 2 aliphatic rings. The van der Waals surface area contributed by atoms with Gasteiger partial charge in [-0.05, 0) is 0 Å². The van der Waals surface area contributed by atoms with Crippen molar-refractivity contribution in [2.24, 2.45) is 4.99 Å². The summed E-state index contributed by atoms with van der Waals surface area (Å²) < 4.78 is 13.4. The van der Waals surface area contributed by atoms with E-state index in [4.69, 9.17) is 5.26 Å². The molecule has 0 spiro atoms. The highest BCUT2D eigenvalue weighted by molar-refractivity contribution is 6.05. The number of Topliss-reactive ketones (excluding diaryl/α,β-unsaturated/α-hetero) is 1. The molecule has 9 heteroatoms. The maximum atomic E-state index is 13.4. The van der Waals surface area contributed by atoms with Gasteiger partial charge in [0.15, 0.2) is 0 Å². The van der Waals surface area contributed by atoms with E-state index in [-0.39, 0.29) is 18.1 Å². The number of hydrogen-bond acceptors (Lipinski definition) is 6. The number of ketones is 1. The van der Waals surface area contributed by atoms with E-state index >= 15 is 0 Å². The van der Waals surface area contributed by atoms with Crippen molar-refractivity contribution in [3.8, 4) is 6.19 Å². The molecule has 1 heterocycles. The minimum Gasteiger partial charge on any atom is -0.379 e. The van der Waals surface area contributed by atoms with E-state index in [1.165, 1.54) is 6.19 Å². The summed E-state index contributed by atoms with van der Waals surface area (Å²) in [5, 5.41) is 24.2. The van der Waals surface area contributed by atoms with Crippen LogP contribution in [0, 0.1) is 21.6 Å². The molecule has 0 amide bonds. The van der Waals surface area contributed by atoms with Crippen LogP contribution < -0.4 is 10.6 Å². The number of carbonyl (C=O) groups excluding carboxylic acids is 1. The van der Waals surface area contributed by atoms with Crippen LogP contribution in [-0.4, -0.2) is 29.1 Å². The second-order valence-corrected chi connectivity index (χ2v) is 3.51. The number of aliphatic imine (C=N–C) groups is 1. The molecule has 1 fully saturated rings. The lowest BCUT2D eigenvalue weighted by Gasteiger charge is -2.29. The lowest BCUT2D eigenvalue weighted by Crippen LogP contribution is -2.55. The molecule has 0 radical (unpaired) electrons. The average Bonchev–Trinajstić information content (AvgIpc) is 2.30. The van der Waals surface area contributed by atoms with Crippen LogP contribution in [0.3, 0.4) is 0 Å². The zero-order valence-electron chi connectivity index (χ0n) is 8.81. The Bertz CT molecular complexity index is 571. The van der Waals surface area contributed by atoms with E-state index in [2.05, 4.69) is 15.6 Å². The van der Waals surface area contributed by atoms with Crippen molar-refractivity contribution in [1.82, 2.24) is 10.6 Å². The molecule has 18 heavy (non-hydrogen) atoms. The molecule has 1 unspecified atom stereocenters. The maximum absolute atomic E-state index is 13.4. The molecule has 0 aromatic heterocycles. The Labute approximate surface area is 99.6 Å². The van der Waals surface area contributed by atoms with Gasteiger partial charge in [0.05, 0.1) is 11.5 Å². The summed E-state index contributed by atoms with van der Waals surface area (Å²) in [6.45, 7) is 0.115. The summed E-state index contributed by atoms with van der Waals surface area (Å²) in [5.74, 6) is -2.03. The van der Waals surface area contributed by atoms with Gasteiger partial charge in [0.25, 0.3) is 5.78 Å². The highest BCUT2D eigenvalue weighted by Crippen LogP contribution is 2.23. The molecule has 1 atom stereocenters. The van der Waals surface area contributed by atoms with Crippen LogP contribution in [0.2, 0.25) is 0 Å². The number of rotatable bonds is 1. The number of nitrogens with zero attached hydrogens (tertiary/aromatic N) is 3. The van der Waals surface area contributed by atoms with Crippen molar-refractivity contribution < 1.29 is 14.1 Å². The Morgan fingerprint density at radius 1 is 1.67 bits per heavy atom. The largest absolute Gasteiger partial charge is 0.379 e. The van der Waals surface area contributed by atoms with Crippen LogP contribution in [0.15, 0.2) is 28.3 Å². The van der Waals surface area contributed by atoms with E-state index in [9.17, 15) is 19.3 Å². The van der Waals surface area contributed by atoms with Crippen LogP contribution in [0.4, 0.5) is 4.39 Å². The average molecular weight is 251 g/mol. The van der Waals surface area contributed by atoms with Crippen LogP contribution in [-0.2, 0) is 4.79 Å². The molecule has 2 rings (SSSR count). The van der Waals surface area contributed by atoms with E-state index in [1.54, 1.807) is 0 Å². The van der Waals surface area contributed by atoms with Gasteiger partial charge in [0, 0.05) is 11.8 Å². The third-order valence-electron chi connectivity index (χ3n) is 2.45. The zero-order chi connectivity index (χ0) is 13.3. The Hall–Kier alpha value is -2.76. The first-order valence-corrected chi connectivity index (χ1v) is 4.80. The fourth-order valence-corrected chi connectivity index (χ4v) is 1.69. The number of nitriles is 1. The van der Waals surface area contributed by atoms with E-state index in [1.807, 2.05) is 0 Å². The topological polar surface area (TPSA) is 120 Å². The first kappa shape index (κ1) is 11.7. The molecule has 2 N–H and O–H groups in total. The van der Waals surface area contributed by atoms with Crippen molar-refractivity contribution in [1.29, 1.82) is 5.26 Å². The number of carbonyl (C=O) groups is 1. The molecule has 0 aromatic rings. The van der Waals surface area contributed by atoms with E-state index in [0.717, 1.165) is 6.08 Å². The summed E-state index contributed by atoms with van der Waals surface area (Å²) in [6.07, 6.45) is 2.41. The number of halogens is 1. The van der Waals surface area contributed by atoms with Gasteiger partial charge in [-0.3, -0.25) is 14.9 Å². The van der Waals surface area contributed by atoms with Gasteiger partial charge in [0.2, 0.25) is 12.0 Å². The van der Waals surface area contributed by atoms with E-state index < -0.39 is 28.3 Å². The number of nitro groups is 1. The molecular weight excluding hydrogens is 245 g/mol. The van der Waals surface area contributed by atoms with Gasteiger partial charge in [-0.2, -0.15) is 14.6 Å². The third-order valence-corrected chi connectivity index (χ3v) is 2.45. The van der Waals surface area contributed by atoms with Gasteiger partial charge in [-0.15, -0.1) is 0 Å². The van der Waals surface area contributed by atoms with Crippen molar-refractivity contribution in [3.05, 3.63) is 33.4 Å². The molecule has 0 aromatic carbocycles. The first-order valence-electron chi connectivity index (χ1n) is 4.80. The Balaban J connectivity index is 2.38. The molecule has 1 saturated heterocycles. The highest BCUT2D eigenvalue weighted by atomic mass is 19.1. The second kappa shape index (κ2) is 4.25. The predicted molar refractivity (Wildman–Crippen MR) is 56.2 cm³/mol. The summed E-state index contributed by atoms with van der Waals surface area (Å²) in [7, 11) is 0. The summed E-state index contributed by atoms with van der Waals surface area (Å²) in [4.78, 5) is 24.6. The van der Waals surface area contributed by atoms with Gasteiger partial charge in [0.1, 0.15) is 11.9 Å². The monoisotopic (exact) mass is 251 g/mol. The minimum absolute atomic E-state index is 0.115. The fraction of sp³-hybridized carbons (Fsp3) is 0.222. The minimum atomic E-state index is -1.19. The molecule has 1 aliphatic carbocycles. The Morgan fingerprint density at radius 3 is 3.00 bits per heavy atom. The number of fused-ring (bicyclic) bond motifs is 1. The maximum Gasteiger partial charge on any atom is 0.349 e. The van der Waals surface area contributed by atoms with Crippen molar-refractivity contribution in [2.75, 3.05) is 6.54 Å². The number of nitrogens with one attached hydrogen (secondary N) is 2. The van der Waals surface area contributed by atoms with Crippen LogP contribution >= 0.6 is 0 Å². The van der Waals surface area contributed by atoms with Gasteiger partial charge >= 0.3 is 5.70 Å². The lowest BCUT2D eigenvalue weighted by atomic mass is 9.98. The van der Waals surface area contributed by atoms with Crippen LogP contribution in [0.25, 0.3) is 0 Å². The second-order valence-electron chi connectivity index (χ2n) is 3.51. The number of hydrogen-bond donors (Lipinski definition) is 2. The van der Waals surface area contributed by atoms with Crippen molar-refractivity contribution in [2.45, 2.75) is 6.04 Å². The van der Waals surface area contributed by atoms with E-state index in [0.29, 0.717) is 0 Å². The lowest BCUT2D eigenvalue weighted by molar-refractivity contribution is -0.421. The van der Waals surface area contributed by atoms with Gasteiger partial charge in [-0.25, -0.2) is 0 Å². The normalized spacial score (nSPS) is 24.7. The predicted octanol–water partition coefficient (Wildman–Crippen LogP) is -0.648. The SMILES string of the molecule is N#CN=C1CNC2=CC(F)=C([N+](=O)[O-])C(=O)C2N1. The molecule has 1 aliphatic heterocycles. The smallest absolute Gasteiger partial charge is 0.349 e. The van der Waals surface area contributed by atoms with Crippen LogP contribution in [0.5, 0.6) is 0 Å². The fourth-order valence-electron chi connectivity index (χ4n) is 1.69. The molecular formula is C9H6FN5O3. The quantitative estimate of drug-likeness (QED) is 0.363. The van der Waals surface area contributed by atoms with Crippen molar-refractivity contribution in [3.63, 3.8) is 0 Å². The summed E-state index contributed by atoms with van der Waals surface area (Å²) in [5.41, 5.74) is -0.920. The third kappa shape index (κ3) is 1.80. The first-order chi connectivity index (χ1) is 8.54. The zero-order valence-corrected chi connectivity index (χ0v) is 8.81. The number of amidine groups is 1. The van der Waals surface area contributed by atoms with Gasteiger partial charge in [-0.1, -0.05) is 0 Å². The van der Waals surface area contributed by atoms with Gasteiger partial charge < -0.3 is 10.6 Å². The number of piperazine rings is 1. The molecule has 92 valence electrons. The summed E-state index contributed by atoms with van der Waals surface area (Å²) >= 11 is 0. The van der Waals surface area contributed by atoms with Crippen molar-refractivity contribution >= 4 is 11.6 Å². The Kier molecular flexibility index (Phi) is 2.77. The molecule has 0 bridgehead atoms.